The highest BCUT2D eigenvalue weighted by Gasteiger charge is 2.64. The summed E-state index contributed by atoms with van der Waals surface area (Å²) in [4.78, 5) is 18.4. The fourth-order valence-corrected chi connectivity index (χ4v) is 7.94. The molecule has 5 rings (SSSR count). The van der Waals surface area contributed by atoms with Crippen LogP contribution in [0.1, 0.15) is 69.8 Å². The molecule has 2 aromatic carbocycles. The minimum atomic E-state index is -0.312. The van der Waals surface area contributed by atoms with Gasteiger partial charge in [-0.2, -0.15) is 5.26 Å². The SMILES string of the molecule is COc1cc(OC2C(C)(C)C(NC(=O)c3ccc(N4CC[C@H](N5CCC(O)CC5)[C@@H](C)C4)cc3)C2(C)C)ccc1C#N. The Morgan fingerprint density at radius 2 is 1.69 bits per heavy atom. The molecule has 3 fully saturated rings. The fourth-order valence-electron chi connectivity index (χ4n) is 7.94. The number of nitrogens with one attached hydrogen (secondary N) is 1. The van der Waals surface area contributed by atoms with Gasteiger partial charge >= 0.3 is 0 Å². The Morgan fingerprint density at radius 3 is 2.29 bits per heavy atom. The number of aliphatic hydroxyl groups excluding tert-OH is 1. The average Bonchev–Trinajstić information content (AvgIpc) is 2.98. The lowest BCUT2D eigenvalue weighted by Gasteiger charge is -2.63. The highest BCUT2D eigenvalue weighted by molar-refractivity contribution is 5.95. The molecule has 1 aliphatic carbocycles. The number of benzene rings is 2. The van der Waals surface area contributed by atoms with E-state index in [4.69, 9.17) is 9.47 Å². The van der Waals surface area contributed by atoms with Crippen molar-refractivity contribution < 1.29 is 19.4 Å². The molecule has 2 aliphatic heterocycles. The van der Waals surface area contributed by atoms with E-state index < -0.39 is 0 Å². The Balaban J connectivity index is 1.19. The molecule has 2 N–H and O–H groups in total. The molecule has 226 valence electrons. The van der Waals surface area contributed by atoms with E-state index in [1.807, 2.05) is 12.1 Å². The van der Waals surface area contributed by atoms with Crippen LogP contribution in [0.3, 0.4) is 0 Å². The van der Waals surface area contributed by atoms with Gasteiger partial charge in [0.1, 0.15) is 23.7 Å². The van der Waals surface area contributed by atoms with Gasteiger partial charge in [-0.3, -0.25) is 9.69 Å². The number of nitriles is 1. The normalized spacial score (nSPS) is 27.4. The second-order valence-corrected chi connectivity index (χ2v) is 13.6. The van der Waals surface area contributed by atoms with Crippen LogP contribution in [0.25, 0.3) is 0 Å². The first-order valence-corrected chi connectivity index (χ1v) is 15.3. The van der Waals surface area contributed by atoms with Gasteiger partial charge in [-0.05, 0) is 61.6 Å². The summed E-state index contributed by atoms with van der Waals surface area (Å²) in [6.45, 7) is 14.8. The summed E-state index contributed by atoms with van der Waals surface area (Å²) in [5, 5.41) is 22.5. The van der Waals surface area contributed by atoms with Crippen LogP contribution in [0.5, 0.6) is 11.5 Å². The van der Waals surface area contributed by atoms with Crippen LogP contribution in [-0.4, -0.2) is 73.5 Å². The first-order valence-electron chi connectivity index (χ1n) is 15.3. The number of nitrogens with zero attached hydrogens (tertiary/aromatic N) is 3. The van der Waals surface area contributed by atoms with E-state index in [0.29, 0.717) is 34.6 Å². The first kappa shape index (κ1) is 30.2. The third-order valence-electron chi connectivity index (χ3n) is 9.99. The van der Waals surface area contributed by atoms with Gasteiger partial charge in [0.05, 0.1) is 18.8 Å². The van der Waals surface area contributed by atoms with Gasteiger partial charge in [0.25, 0.3) is 5.91 Å². The van der Waals surface area contributed by atoms with Crippen LogP contribution in [0.2, 0.25) is 0 Å². The van der Waals surface area contributed by atoms with Crippen LogP contribution in [0.15, 0.2) is 42.5 Å². The molecule has 2 atom stereocenters. The number of hydrogen-bond donors (Lipinski definition) is 2. The Labute approximate surface area is 250 Å². The first-order chi connectivity index (χ1) is 19.9. The number of aliphatic hydroxyl groups is 1. The monoisotopic (exact) mass is 574 g/mol. The zero-order chi connectivity index (χ0) is 30.2. The van der Waals surface area contributed by atoms with Crippen LogP contribution in [0, 0.1) is 28.1 Å². The van der Waals surface area contributed by atoms with Crippen LogP contribution in [0.4, 0.5) is 5.69 Å². The van der Waals surface area contributed by atoms with Gasteiger partial charge < -0.3 is 24.8 Å². The summed E-state index contributed by atoms with van der Waals surface area (Å²) in [5.41, 5.74) is 1.65. The van der Waals surface area contributed by atoms with Gasteiger partial charge in [-0.1, -0.05) is 34.6 Å². The molecule has 2 saturated heterocycles. The minimum absolute atomic E-state index is 0.0782. The van der Waals surface area contributed by atoms with Crippen molar-refractivity contribution in [3.05, 3.63) is 53.6 Å². The van der Waals surface area contributed by atoms with Crippen molar-refractivity contribution in [3.63, 3.8) is 0 Å². The summed E-state index contributed by atoms with van der Waals surface area (Å²) < 4.78 is 11.8. The number of carbonyl (C=O) groups excluding carboxylic acids is 1. The van der Waals surface area contributed by atoms with Gasteiger partial charge in [0, 0.05) is 66.4 Å². The third-order valence-corrected chi connectivity index (χ3v) is 9.99. The maximum Gasteiger partial charge on any atom is 0.251 e. The second-order valence-electron chi connectivity index (χ2n) is 13.6. The number of likely N-dealkylation sites (tertiary alicyclic amines) is 1. The lowest BCUT2D eigenvalue weighted by atomic mass is 9.49. The molecule has 8 nitrogen and oxygen atoms in total. The van der Waals surface area contributed by atoms with Crippen molar-refractivity contribution in [3.8, 4) is 17.6 Å². The van der Waals surface area contributed by atoms with E-state index in [1.54, 1.807) is 25.3 Å². The van der Waals surface area contributed by atoms with Gasteiger partial charge in [-0.25, -0.2) is 0 Å². The summed E-state index contributed by atoms with van der Waals surface area (Å²) in [5.74, 6) is 1.59. The lowest BCUT2D eigenvalue weighted by molar-refractivity contribution is -0.164. The van der Waals surface area contributed by atoms with Crippen molar-refractivity contribution in [1.82, 2.24) is 10.2 Å². The number of hydrogen-bond acceptors (Lipinski definition) is 7. The van der Waals surface area contributed by atoms with Crippen molar-refractivity contribution in [2.24, 2.45) is 16.7 Å². The topological polar surface area (TPSA) is 98.1 Å². The zero-order valence-electron chi connectivity index (χ0n) is 25.9. The standard InChI is InChI=1S/C34H46N4O4/c1-22-21-38(18-15-28(22)37-16-13-26(39)14-17-37)25-10-7-23(8-11-25)30(40)36-31-33(2,3)32(34(31,4)5)42-27-12-9-24(20-35)29(19-27)41-6/h7-12,19,22,26,28,31-32,39H,13-18,21H2,1-6H3,(H,36,40)/t22-,28-,31?,32?/m0/s1. The van der Waals surface area contributed by atoms with E-state index in [1.165, 1.54) is 0 Å². The zero-order valence-corrected chi connectivity index (χ0v) is 25.9. The molecule has 1 amide bonds. The quantitative estimate of drug-likeness (QED) is 0.488. The maximum absolute atomic E-state index is 13.4. The number of anilines is 1. The molecular formula is C34H46N4O4. The third kappa shape index (κ3) is 5.69. The predicted octanol–water partition coefficient (Wildman–Crippen LogP) is 4.85. The van der Waals surface area contributed by atoms with Crippen molar-refractivity contribution in [2.75, 3.05) is 38.2 Å². The van der Waals surface area contributed by atoms with Gasteiger partial charge in [0.2, 0.25) is 0 Å². The maximum atomic E-state index is 13.4. The summed E-state index contributed by atoms with van der Waals surface area (Å²) in [7, 11) is 1.54. The minimum Gasteiger partial charge on any atom is -0.495 e. The molecule has 0 aromatic heterocycles. The molecule has 8 heteroatoms. The van der Waals surface area contributed by atoms with Crippen molar-refractivity contribution in [1.29, 1.82) is 5.26 Å². The van der Waals surface area contributed by atoms with E-state index in [0.717, 1.165) is 51.1 Å². The van der Waals surface area contributed by atoms with E-state index in [-0.39, 0.29) is 35.0 Å². The summed E-state index contributed by atoms with van der Waals surface area (Å²) >= 11 is 0. The molecular weight excluding hydrogens is 528 g/mol. The molecule has 0 bridgehead atoms. The Bertz CT molecular complexity index is 1290. The predicted molar refractivity (Wildman–Crippen MR) is 164 cm³/mol. The van der Waals surface area contributed by atoms with E-state index in [2.05, 4.69) is 67.9 Å². The Hall–Kier alpha value is -3.28. The molecule has 0 spiro atoms. The Kier molecular flexibility index (Phi) is 8.46. The fraction of sp³-hybridized carbons (Fsp3) is 0.588. The number of ether oxygens (including phenoxy) is 2. The van der Waals surface area contributed by atoms with E-state index >= 15 is 0 Å². The lowest BCUT2D eigenvalue weighted by Crippen LogP contribution is -2.74. The average molecular weight is 575 g/mol. The van der Waals surface area contributed by atoms with Crippen molar-refractivity contribution in [2.45, 2.75) is 78.2 Å². The molecule has 3 aliphatic rings. The number of rotatable bonds is 7. The molecule has 2 heterocycles. The summed E-state index contributed by atoms with van der Waals surface area (Å²) in [6, 6.07) is 15.9. The number of methoxy groups -OCH3 is 1. The van der Waals surface area contributed by atoms with Crippen LogP contribution >= 0.6 is 0 Å². The van der Waals surface area contributed by atoms with Gasteiger partial charge in [0.15, 0.2) is 0 Å². The van der Waals surface area contributed by atoms with Gasteiger partial charge in [-0.15, -0.1) is 0 Å². The molecule has 42 heavy (non-hydrogen) atoms. The molecule has 2 aromatic rings. The summed E-state index contributed by atoms with van der Waals surface area (Å²) in [6.07, 6.45) is 2.60. The number of amides is 1. The van der Waals surface area contributed by atoms with Crippen LogP contribution in [-0.2, 0) is 0 Å². The van der Waals surface area contributed by atoms with E-state index in [9.17, 15) is 15.2 Å². The highest BCUT2D eigenvalue weighted by Crippen LogP contribution is 2.55. The Morgan fingerprint density at radius 1 is 1.02 bits per heavy atom. The van der Waals surface area contributed by atoms with Crippen LogP contribution < -0.4 is 19.7 Å². The molecule has 0 unspecified atom stereocenters. The number of carbonyl (C=O) groups is 1. The molecule has 0 radical (unpaired) electrons. The van der Waals surface area contributed by atoms with Crippen molar-refractivity contribution >= 4 is 11.6 Å². The molecule has 1 saturated carbocycles. The highest BCUT2D eigenvalue weighted by atomic mass is 16.5. The number of piperidine rings is 2. The second kappa shape index (κ2) is 11.8. The largest absolute Gasteiger partial charge is 0.495 e. The smallest absolute Gasteiger partial charge is 0.251 e.